The summed E-state index contributed by atoms with van der Waals surface area (Å²) in [4.78, 5) is 21.3. The molecule has 0 fully saturated rings. The molecule has 0 saturated heterocycles. The van der Waals surface area contributed by atoms with Crippen LogP contribution >= 0.6 is 11.6 Å². The third-order valence-electron chi connectivity index (χ3n) is 2.60. The minimum atomic E-state index is -1.31. The number of nitro benzene ring substituents is 1. The van der Waals surface area contributed by atoms with Crippen LogP contribution in [0.15, 0.2) is 18.2 Å². The molecular weight excluding hydrogens is 306 g/mol. The lowest BCUT2D eigenvalue weighted by molar-refractivity contribution is -0.384. The molecule has 0 bridgehead atoms. The minimum absolute atomic E-state index is 0.118. The Morgan fingerprint density at radius 1 is 1.55 bits per heavy atom. The second-order valence-corrected chi connectivity index (χ2v) is 6.12. The normalized spacial score (nSPS) is 13.6. The van der Waals surface area contributed by atoms with E-state index in [9.17, 15) is 19.1 Å². The Morgan fingerprint density at radius 2 is 2.20 bits per heavy atom. The second kappa shape index (κ2) is 7.35. The summed E-state index contributed by atoms with van der Waals surface area (Å²) in [5.74, 6) is -0.608. The smallest absolute Gasteiger partial charge is 0.309 e. The lowest BCUT2D eigenvalue weighted by atomic mass is 10.2. The van der Waals surface area contributed by atoms with E-state index in [4.69, 9.17) is 11.6 Å². The van der Waals surface area contributed by atoms with Gasteiger partial charge in [-0.3, -0.25) is 19.1 Å². The van der Waals surface area contributed by atoms with E-state index in [0.29, 0.717) is 5.56 Å². The molecule has 0 heterocycles. The molecule has 0 spiro atoms. The van der Waals surface area contributed by atoms with Crippen molar-refractivity contribution in [1.82, 2.24) is 0 Å². The first kappa shape index (κ1) is 16.6. The van der Waals surface area contributed by atoms with E-state index < -0.39 is 27.6 Å². The molecule has 0 aliphatic carbocycles. The Morgan fingerprint density at radius 3 is 2.70 bits per heavy atom. The second-order valence-electron chi connectivity index (χ2n) is 4.21. The van der Waals surface area contributed by atoms with Crippen LogP contribution in [0, 0.1) is 16.0 Å². The zero-order valence-electron chi connectivity index (χ0n) is 11.0. The predicted molar refractivity (Wildman–Crippen MR) is 76.0 cm³/mol. The molecule has 0 saturated carbocycles. The molecule has 2 atom stereocenters. The van der Waals surface area contributed by atoms with E-state index in [-0.39, 0.29) is 22.2 Å². The Hall–Kier alpha value is -1.47. The molecule has 0 aromatic heterocycles. The number of hydrogen-bond acceptors (Lipinski definition) is 5. The summed E-state index contributed by atoms with van der Waals surface area (Å²) in [7, 11) is -0.0332. The number of nitro groups is 1. The van der Waals surface area contributed by atoms with Crippen LogP contribution in [0.5, 0.6) is 0 Å². The molecule has 0 aliphatic rings. The van der Waals surface area contributed by atoms with Gasteiger partial charge < -0.3 is 4.74 Å². The summed E-state index contributed by atoms with van der Waals surface area (Å²) < 4.78 is 16.5. The lowest BCUT2D eigenvalue weighted by Crippen LogP contribution is -2.20. The van der Waals surface area contributed by atoms with Crippen LogP contribution in [-0.4, -0.2) is 28.0 Å². The van der Waals surface area contributed by atoms with Gasteiger partial charge in [0.25, 0.3) is 5.69 Å². The van der Waals surface area contributed by atoms with Crippen molar-refractivity contribution in [2.45, 2.75) is 12.7 Å². The monoisotopic (exact) mass is 319 g/mol. The number of rotatable bonds is 6. The molecule has 2 unspecified atom stereocenters. The number of carbonyl (C=O) groups excluding carboxylic acids is 1. The van der Waals surface area contributed by atoms with Crippen molar-refractivity contribution in [2.24, 2.45) is 5.92 Å². The van der Waals surface area contributed by atoms with Gasteiger partial charge in [0, 0.05) is 28.7 Å². The van der Waals surface area contributed by atoms with Crippen LogP contribution in [-0.2, 0) is 26.1 Å². The summed E-state index contributed by atoms with van der Waals surface area (Å²) in [6, 6.07) is 4.00. The number of nitrogens with zero attached hydrogens (tertiary/aromatic N) is 1. The minimum Gasteiger partial charge on any atom is -0.469 e. The van der Waals surface area contributed by atoms with Crippen molar-refractivity contribution >= 4 is 34.1 Å². The fourth-order valence-electron chi connectivity index (χ4n) is 1.55. The SMILES string of the molecule is COC(=O)C(C)CS(=O)Cc1ccc([N+](=O)[O-])cc1Cl. The lowest BCUT2D eigenvalue weighted by Gasteiger charge is -2.09. The Labute approximate surface area is 123 Å². The molecule has 8 heteroatoms. The van der Waals surface area contributed by atoms with Crippen molar-refractivity contribution in [2.75, 3.05) is 12.9 Å². The average Bonchev–Trinajstić information content (AvgIpc) is 2.39. The average molecular weight is 320 g/mol. The number of benzene rings is 1. The van der Waals surface area contributed by atoms with E-state index in [1.165, 1.54) is 25.3 Å². The van der Waals surface area contributed by atoms with Crippen LogP contribution in [0.4, 0.5) is 5.69 Å². The third kappa shape index (κ3) is 4.57. The summed E-state index contributed by atoms with van der Waals surface area (Å²) in [6.07, 6.45) is 0. The highest BCUT2D eigenvalue weighted by Crippen LogP contribution is 2.23. The topological polar surface area (TPSA) is 86.5 Å². The highest BCUT2D eigenvalue weighted by atomic mass is 35.5. The van der Waals surface area contributed by atoms with Crippen LogP contribution in [0.2, 0.25) is 5.02 Å². The zero-order valence-corrected chi connectivity index (χ0v) is 12.6. The summed E-state index contributed by atoms with van der Waals surface area (Å²) in [6.45, 7) is 1.63. The van der Waals surface area contributed by atoms with Crippen LogP contribution in [0.25, 0.3) is 0 Å². The van der Waals surface area contributed by atoms with Gasteiger partial charge in [0.15, 0.2) is 0 Å². The van der Waals surface area contributed by atoms with E-state index in [1.54, 1.807) is 6.92 Å². The standard InChI is InChI=1S/C12H14ClNO5S/c1-8(12(15)19-2)6-20(18)7-9-3-4-10(14(16)17)5-11(9)13/h3-5,8H,6-7H2,1-2H3. The molecule has 0 N–H and O–H groups in total. The Balaban J connectivity index is 2.71. The maximum atomic E-state index is 11.9. The molecule has 20 heavy (non-hydrogen) atoms. The van der Waals surface area contributed by atoms with Gasteiger partial charge >= 0.3 is 5.97 Å². The van der Waals surface area contributed by atoms with E-state index in [2.05, 4.69) is 4.74 Å². The van der Waals surface area contributed by atoms with Crippen LogP contribution in [0.1, 0.15) is 12.5 Å². The first-order chi connectivity index (χ1) is 9.35. The summed E-state index contributed by atoms with van der Waals surface area (Å²) in [5, 5.41) is 10.8. The highest BCUT2D eigenvalue weighted by Gasteiger charge is 2.18. The number of non-ortho nitro benzene ring substituents is 1. The maximum absolute atomic E-state index is 11.9. The van der Waals surface area contributed by atoms with Gasteiger partial charge in [0.1, 0.15) is 0 Å². The van der Waals surface area contributed by atoms with Gasteiger partial charge in [-0.05, 0) is 11.6 Å². The molecule has 1 rings (SSSR count). The third-order valence-corrected chi connectivity index (χ3v) is 4.46. The quantitative estimate of drug-likeness (QED) is 0.456. The van der Waals surface area contributed by atoms with E-state index >= 15 is 0 Å². The molecule has 0 aliphatic heterocycles. The number of halogens is 1. The van der Waals surface area contributed by atoms with Crippen molar-refractivity contribution in [3.05, 3.63) is 38.9 Å². The molecule has 0 radical (unpaired) electrons. The van der Waals surface area contributed by atoms with Gasteiger partial charge in [-0.15, -0.1) is 0 Å². The van der Waals surface area contributed by atoms with Crippen molar-refractivity contribution in [3.8, 4) is 0 Å². The van der Waals surface area contributed by atoms with Crippen LogP contribution in [0.3, 0.4) is 0 Å². The van der Waals surface area contributed by atoms with Gasteiger partial charge in [-0.2, -0.15) is 0 Å². The fourth-order valence-corrected chi connectivity index (χ4v) is 3.28. The van der Waals surface area contributed by atoms with Gasteiger partial charge in [0.2, 0.25) is 0 Å². The van der Waals surface area contributed by atoms with Crippen molar-refractivity contribution in [1.29, 1.82) is 0 Å². The molecule has 6 nitrogen and oxygen atoms in total. The zero-order chi connectivity index (χ0) is 15.3. The number of hydrogen-bond donors (Lipinski definition) is 0. The number of esters is 1. The van der Waals surface area contributed by atoms with E-state index in [1.807, 2.05) is 0 Å². The fraction of sp³-hybridized carbons (Fsp3) is 0.417. The molecular formula is C12H14ClNO5S. The van der Waals surface area contributed by atoms with E-state index in [0.717, 1.165) is 0 Å². The molecule has 110 valence electrons. The highest BCUT2D eigenvalue weighted by molar-refractivity contribution is 7.84. The largest absolute Gasteiger partial charge is 0.469 e. The first-order valence-corrected chi connectivity index (χ1v) is 7.57. The van der Waals surface area contributed by atoms with Gasteiger partial charge in [-0.1, -0.05) is 18.5 Å². The van der Waals surface area contributed by atoms with Gasteiger partial charge in [-0.25, -0.2) is 0 Å². The molecule has 1 aromatic carbocycles. The van der Waals surface area contributed by atoms with Crippen LogP contribution < -0.4 is 0 Å². The number of methoxy groups -OCH3 is 1. The number of ether oxygens (including phenoxy) is 1. The summed E-state index contributed by atoms with van der Waals surface area (Å²) in [5.41, 5.74) is 0.431. The first-order valence-electron chi connectivity index (χ1n) is 5.70. The number of carbonyl (C=O) groups is 1. The van der Waals surface area contributed by atoms with Crippen molar-refractivity contribution < 1.29 is 18.7 Å². The molecule has 0 amide bonds. The maximum Gasteiger partial charge on any atom is 0.309 e. The summed E-state index contributed by atoms with van der Waals surface area (Å²) >= 11 is 5.91. The Bertz CT molecular complexity index is 549. The van der Waals surface area contributed by atoms with Gasteiger partial charge in [0.05, 0.1) is 28.7 Å². The molecule has 1 aromatic rings. The van der Waals surface area contributed by atoms with Crippen molar-refractivity contribution in [3.63, 3.8) is 0 Å². The Kier molecular flexibility index (Phi) is 6.09. The predicted octanol–water partition coefficient (Wildman–Crippen LogP) is 2.31.